The summed E-state index contributed by atoms with van der Waals surface area (Å²) in [6, 6.07) is 3.97. The van der Waals surface area contributed by atoms with E-state index in [0.717, 1.165) is 60.1 Å². The molecule has 3 fully saturated rings. The van der Waals surface area contributed by atoms with Crippen molar-refractivity contribution in [2.45, 2.75) is 90.1 Å². The second-order valence-electron chi connectivity index (χ2n) is 11.0. The topological polar surface area (TPSA) is 49.7 Å². The Balaban J connectivity index is 1.26. The maximum atomic E-state index is 10.7. The molecule has 0 heterocycles. The zero-order valence-corrected chi connectivity index (χ0v) is 21.0. The number of aliphatic hydroxyl groups is 1. The molecule has 1 unspecified atom stereocenters. The molecule has 178 valence electrons. The minimum atomic E-state index is -0.134. The third-order valence-electron chi connectivity index (χ3n) is 8.59. The summed E-state index contributed by atoms with van der Waals surface area (Å²) < 4.78 is 6.03. The molecule has 2 N–H and O–H groups in total. The van der Waals surface area contributed by atoms with Crippen molar-refractivity contribution < 1.29 is 14.9 Å². The Morgan fingerprint density at radius 2 is 1.53 bits per heavy atom. The molecule has 3 aliphatic carbocycles. The first kappa shape index (κ1) is 24.1. The summed E-state index contributed by atoms with van der Waals surface area (Å²) in [5.41, 5.74) is 0.881. The number of hydrogen-bond donors (Lipinski definition) is 2. The third-order valence-corrected chi connectivity index (χ3v) is 9.15. The van der Waals surface area contributed by atoms with Crippen LogP contribution in [0.4, 0.5) is 0 Å². The van der Waals surface area contributed by atoms with Crippen molar-refractivity contribution in [1.82, 2.24) is 0 Å². The highest BCUT2D eigenvalue weighted by molar-refractivity contribution is 7.28. The summed E-state index contributed by atoms with van der Waals surface area (Å²) in [4.78, 5) is 0. The number of aliphatic hydroxyl groups excluding tert-OH is 1. The van der Waals surface area contributed by atoms with Crippen molar-refractivity contribution in [3.63, 3.8) is 0 Å². The van der Waals surface area contributed by atoms with E-state index in [9.17, 15) is 10.2 Å². The van der Waals surface area contributed by atoms with Gasteiger partial charge in [-0.3, -0.25) is 0 Å². The van der Waals surface area contributed by atoms with E-state index in [0.29, 0.717) is 24.2 Å². The highest BCUT2D eigenvalue weighted by atomic mass is 31.0. The van der Waals surface area contributed by atoms with E-state index < -0.39 is 0 Å². The molecule has 1 aromatic rings. The Morgan fingerprint density at radius 1 is 0.906 bits per heavy atom. The van der Waals surface area contributed by atoms with Gasteiger partial charge in [0.05, 0.1) is 18.0 Å². The summed E-state index contributed by atoms with van der Waals surface area (Å²) in [6.45, 7) is 3.07. The van der Waals surface area contributed by atoms with Gasteiger partial charge in [0.15, 0.2) is 0 Å². The second-order valence-corrected chi connectivity index (χ2v) is 11.5. The van der Waals surface area contributed by atoms with Crippen molar-refractivity contribution >= 4 is 20.6 Å². The summed E-state index contributed by atoms with van der Waals surface area (Å²) in [7, 11) is 2.65. The zero-order chi connectivity index (χ0) is 22.5. The normalized spacial score (nSPS) is 34.0. The van der Waals surface area contributed by atoms with Crippen LogP contribution in [0.15, 0.2) is 18.2 Å². The molecule has 3 saturated carbocycles. The Bertz CT molecular complexity index is 752. The SMILES string of the molecule is CC1CCC(C2CCC(/C=C/c3ccc(OCC4CCC(O)CC4)c(P)c3O)CC2)CC1. The number of phenolic OH excluding ortho intramolecular Hbond substituents is 1. The fourth-order valence-electron chi connectivity index (χ4n) is 6.19. The van der Waals surface area contributed by atoms with Crippen molar-refractivity contribution in [3.8, 4) is 11.5 Å². The first-order valence-electron chi connectivity index (χ1n) is 13.1. The lowest BCUT2D eigenvalue weighted by Crippen LogP contribution is -2.24. The zero-order valence-electron chi connectivity index (χ0n) is 19.8. The number of rotatable bonds is 6. The lowest BCUT2D eigenvalue weighted by Gasteiger charge is -2.36. The van der Waals surface area contributed by atoms with E-state index in [4.69, 9.17) is 4.74 Å². The van der Waals surface area contributed by atoms with Crippen LogP contribution in [0.25, 0.3) is 6.08 Å². The smallest absolute Gasteiger partial charge is 0.133 e. The molecule has 0 bridgehead atoms. The molecule has 3 aliphatic rings. The van der Waals surface area contributed by atoms with Gasteiger partial charge in [0.25, 0.3) is 0 Å². The number of phenols is 1. The van der Waals surface area contributed by atoms with Crippen molar-refractivity contribution in [2.75, 3.05) is 6.61 Å². The van der Waals surface area contributed by atoms with Crippen LogP contribution in [0, 0.1) is 29.6 Å². The molecule has 32 heavy (non-hydrogen) atoms. The molecule has 3 nitrogen and oxygen atoms in total. The van der Waals surface area contributed by atoms with E-state index in [-0.39, 0.29) is 6.10 Å². The van der Waals surface area contributed by atoms with Gasteiger partial charge in [-0.2, -0.15) is 0 Å². The molecule has 1 atom stereocenters. The standard InChI is InChI=1S/C28H43O3P/c1-19-2-9-22(10-3-19)23-11-4-20(5-12-23)6-13-24-14-17-26(28(32)27(24)30)31-18-21-7-15-25(29)16-8-21/h6,13-14,17,19-23,25,29-30H,2-5,7-12,15-16,18,32H2,1H3/b13-6+. The number of hydrogen-bond acceptors (Lipinski definition) is 3. The van der Waals surface area contributed by atoms with Crippen LogP contribution in [0.2, 0.25) is 0 Å². The summed E-state index contributed by atoms with van der Waals surface area (Å²) in [6.07, 6.45) is 19.2. The van der Waals surface area contributed by atoms with Crippen LogP contribution in [0.3, 0.4) is 0 Å². The van der Waals surface area contributed by atoms with Gasteiger partial charge in [-0.15, -0.1) is 0 Å². The molecule has 0 radical (unpaired) electrons. The monoisotopic (exact) mass is 458 g/mol. The van der Waals surface area contributed by atoms with Gasteiger partial charge in [-0.1, -0.05) is 41.2 Å². The predicted octanol–water partition coefficient (Wildman–Crippen LogP) is 6.47. The molecule has 0 aromatic heterocycles. The van der Waals surface area contributed by atoms with Gasteiger partial charge in [-0.05, 0) is 106 Å². The Hall–Kier alpha value is -1.05. The maximum absolute atomic E-state index is 10.7. The van der Waals surface area contributed by atoms with Crippen LogP contribution in [-0.2, 0) is 0 Å². The summed E-state index contributed by atoms with van der Waals surface area (Å²) in [5, 5.41) is 21.1. The van der Waals surface area contributed by atoms with Crippen LogP contribution < -0.4 is 10.0 Å². The minimum absolute atomic E-state index is 0.134. The lowest BCUT2D eigenvalue weighted by atomic mass is 9.69. The number of allylic oxidation sites excluding steroid dienone is 1. The van der Waals surface area contributed by atoms with Gasteiger partial charge in [0, 0.05) is 5.56 Å². The molecule has 4 heteroatoms. The van der Waals surface area contributed by atoms with Gasteiger partial charge in [0.2, 0.25) is 0 Å². The Kier molecular flexibility index (Phi) is 8.57. The van der Waals surface area contributed by atoms with Gasteiger partial charge < -0.3 is 14.9 Å². The minimum Gasteiger partial charge on any atom is -0.507 e. The summed E-state index contributed by atoms with van der Waals surface area (Å²) in [5.74, 6) is 5.06. The van der Waals surface area contributed by atoms with Crippen LogP contribution >= 0.6 is 9.24 Å². The fraction of sp³-hybridized carbons (Fsp3) is 0.714. The van der Waals surface area contributed by atoms with Gasteiger partial charge in [-0.25, -0.2) is 0 Å². The number of benzene rings is 1. The first-order valence-corrected chi connectivity index (χ1v) is 13.7. The highest BCUT2D eigenvalue weighted by Gasteiger charge is 2.29. The molecule has 4 rings (SSSR count). The van der Waals surface area contributed by atoms with Gasteiger partial charge in [0.1, 0.15) is 11.5 Å². The van der Waals surface area contributed by atoms with E-state index >= 15 is 0 Å². The van der Waals surface area contributed by atoms with E-state index in [1.54, 1.807) is 0 Å². The molecule has 0 spiro atoms. The van der Waals surface area contributed by atoms with E-state index in [1.807, 2.05) is 12.1 Å². The Labute approximate surface area is 197 Å². The molecule has 1 aromatic carbocycles. The fourth-order valence-corrected chi connectivity index (χ4v) is 6.54. The van der Waals surface area contributed by atoms with Crippen molar-refractivity contribution in [3.05, 3.63) is 23.8 Å². The lowest BCUT2D eigenvalue weighted by molar-refractivity contribution is 0.0919. The predicted molar refractivity (Wildman–Crippen MR) is 137 cm³/mol. The average Bonchev–Trinajstić information content (AvgIpc) is 2.81. The molecular formula is C28H43O3P. The third kappa shape index (κ3) is 6.29. The largest absolute Gasteiger partial charge is 0.507 e. The van der Waals surface area contributed by atoms with Crippen LogP contribution in [0.1, 0.15) is 89.5 Å². The van der Waals surface area contributed by atoms with Crippen LogP contribution in [-0.4, -0.2) is 22.9 Å². The number of aromatic hydroxyl groups is 1. The second kappa shape index (κ2) is 11.4. The quantitative estimate of drug-likeness (QED) is 0.481. The van der Waals surface area contributed by atoms with Crippen LogP contribution in [0.5, 0.6) is 11.5 Å². The Morgan fingerprint density at radius 3 is 2.19 bits per heavy atom. The summed E-state index contributed by atoms with van der Waals surface area (Å²) >= 11 is 0. The van der Waals surface area contributed by atoms with Crippen molar-refractivity contribution in [2.24, 2.45) is 29.6 Å². The van der Waals surface area contributed by atoms with E-state index in [2.05, 4.69) is 28.3 Å². The average molecular weight is 459 g/mol. The first-order chi connectivity index (χ1) is 15.5. The molecule has 0 aliphatic heterocycles. The molecule has 0 amide bonds. The van der Waals surface area contributed by atoms with Gasteiger partial charge >= 0.3 is 0 Å². The molecule has 0 saturated heterocycles. The highest BCUT2D eigenvalue weighted by Crippen LogP contribution is 2.41. The molecular weight excluding hydrogens is 415 g/mol. The van der Waals surface area contributed by atoms with E-state index in [1.165, 1.54) is 51.4 Å². The maximum Gasteiger partial charge on any atom is 0.133 e. The van der Waals surface area contributed by atoms with Crippen molar-refractivity contribution in [1.29, 1.82) is 0 Å². The number of ether oxygens (including phenoxy) is 1.